The van der Waals surface area contributed by atoms with E-state index in [0.29, 0.717) is 22.0 Å². The second-order valence-electron chi connectivity index (χ2n) is 8.51. The molecule has 3 aromatic carbocycles. The Morgan fingerprint density at radius 1 is 1.11 bits per heavy atom. The van der Waals surface area contributed by atoms with E-state index >= 15 is 0 Å². The Hall–Kier alpha value is -3.28. The maximum absolute atomic E-state index is 12.4. The number of carbonyl (C=O) groups excluding carboxylic acids is 1. The molecular formula is C28H27Cl2N3O2. The first-order valence-corrected chi connectivity index (χ1v) is 12.1. The smallest absolute Gasteiger partial charge is 0.271 e. The van der Waals surface area contributed by atoms with E-state index in [4.69, 9.17) is 27.9 Å². The van der Waals surface area contributed by atoms with Crippen molar-refractivity contribution in [2.45, 2.75) is 25.7 Å². The average Bonchev–Trinajstić information content (AvgIpc) is 3.10. The van der Waals surface area contributed by atoms with Crippen LogP contribution in [0.3, 0.4) is 0 Å². The molecule has 0 radical (unpaired) electrons. The second-order valence-corrected chi connectivity index (χ2v) is 9.35. The number of hydrogen-bond donors (Lipinski definition) is 1. The van der Waals surface area contributed by atoms with Crippen LogP contribution in [0, 0.1) is 0 Å². The normalized spacial score (nSPS) is 18.2. The fourth-order valence-corrected chi connectivity index (χ4v) is 4.98. The Morgan fingerprint density at radius 3 is 2.60 bits per heavy atom. The number of nitrogens with zero attached hydrogens (tertiary/aromatic N) is 2. The highest BCUT2D eigenvalue weighted by molar-refractivity contribution is 6.33. The van der Waals surface area contributed by atoms with E-state index < -0.39 is 5.41 Å². The van der Waals surface area contributed by atoms with Crippen molar-refractivity contribution in [3.05, 3.63) is 105 Å². The summed E-state index contributed by atoms with van der Waals surface area (Å²) in [4.78, 5) is 14.6. The molecule has 1 aliphatic heterocycles. The Labute approximate surface area is 216 Å². The SMILES string of the molecule is CCN1/C(=C\C=N\NC(=O)c2ccccc2)C(C)(Cc2cc(Cl)ccc2Cl)c2cc(OC)ccc21. The van der Waals surface area contributed by atoms with Gasteiger partial charge in [-0.3, -0.25) is 4.79 Å². The van der Waals surface area contributed by atoms with E-state index in [1.165, 1.54) is 0 Å². The number of hydrazone groups is 1. The van der Waals surface area contributed by atoms with Gasteiger partial charge in [-0.15, -0.1) is 0 Å². The molecule has 1 atom stereocenters. The first-order valence-electron chi connectivity index (χ1n) is 11.4. The highest BCUT2D eigenvalue weighted by Crippen LogP contribution is 2.51. The van der Waals surface area contributed by atoms with Gasteiger partial charge in [-0.2, -0.15) is 5.10 Å². The lowest BCUT2D eigenvalue weighted by atomic mass is 9.76. The molecule has 4 rings (SSSR count). The summed E-state index contributed by atoms with van der Waals surface area (Å²) in [6.07, 6.45) is 4.19. The molecule has 5 nitrogen and oxygen atoms in total. The van der Waals surface area contributed by atoms with Gasteiger partial charge in [-0.05, 0) is 86.0 Å². The molecule has 1 N–H and O–H groups in total. The summed E-state index contributed by atoms with van der Waals surface area (Å²) < 4.78 is 5.54. The Morgan fingerprint density at radius 2 is 1.89 bits per heavy atom. The minimum Gasteiger partial charge on any atom is -0.497 e. The summed E-state index contributed by atoms with van der Waals surface area (Å²) in [7, 11) is 1.66. The van der Waals surface area contributed by atoms with Crippen LogP contribution in [0.5, 0.6) is 5.75 Å². The van der Waals surface area contributed by atoms with Gasteiger partial charge >= 0.3 is 0 Å². The van der Waals surface area contributed by atoms with Crippen LogP contribution in [0.15, 0.2) is 83.6 Å². The van der Waals surface area contributed by atoms with Gasteiger partial charge in [0.1, 0.15) is 5.75 Å². The molecule has 35 heavy (non-hydrogen) atoms. The van der Waals surface area contributed by atoms with Crippen molar-refractivity contribution >= 4 is 41.0 Å². The fourth-order valence-electron chi connectivity index (χ4n) is 4.60. The molecule has 3 aromatic rings. The topological polar surface area (TPSA) is 53.9 Å². The quantitative estimate of drug-likeness (QED) is 0.288. The van der Waals surface area contributed by atoms with Crippen LogP contribution in [-0.2, 0) is 11.8 Å². The predicted octanol–water partition coefficient (Wildman–Crippen LogP) is 6.64. The summed E-state index contributed by atoms with van der Waals surface area (Å²) in [5.41, 5.74) is 6.92. The van der Waals surface area contributed by atoms with Gasteiger partial charge in [-0.1, -0.05) is 41.4 Å². The second kappa shape index (κ2) is 10.5. The third-order valence-corrected chi connectivity index (χ3v) is 6.93. The number of ether oxygens (including phenoxy) is 1. The number of benzene rings is 3. The molecular weight excluding hydrogens is 481 g/mol. The molecule has 0 spiro atoms. The zero-order chi connectivity index (χ0) is 25.0. The Kier molecular flexibility index (Phi) is 7.48. The number of rotatable bonds is 7. The van der Waals surface area contributed by atoms with Crippen molar-refractivity contribution < 1.29 is 9.53 Å². The molecule has 1 aliphatic rings. The molecule has 0 saturated carbocycles. The number of halogens is 2. The van der Waals surface area contributed by atoms with Crippen molar-refractivity contribution in [3.63, 3.8) is 0 Å². The molecule has 0 aromatic heterocycles. The zero-order valence-electron chi connectivity index (χ0n) is 19.9. The number of methoxy groups -OCH3 is 1. The van der Waals surface area contributed by atoms with E-state index in [2.05, 4.69) is 41.4 Å². The molecule has 1 heterocycles. The van der Waals surface area contributed by atoms with Crippen LogP contribution in [0.25, 0.3) is 0 Å². The number of allylic oxidation sites excluding steroid dienone is 2. The number of amides is 1. The molecule has 7 heteroatoms. The summed E-state index contributed by atoms with van der Waals surface area (Å²) in [5.74, 6) is 0.522. The van der Waals surface area contributed by atoms with Gasteiger partial charge in [0.2, 0.25) is 0 Å². The lowest BCUT2D eigenvalue weighted by molar-refractivity contribution is 0.0955. The summed E-state index contributed by atoms with van der Waals surface area (Å²) >= 11 is 12.9. The molecule has 1 unspecified atom stereocenters. The van der Waals surface area contributed by atoms with Gasteiger partial charge in [0.15, 0.2) is 0 Å². The van der Waals surface area contributed by atoms with Gasteiger partial charge < -0.3 is 9.64 Å². The van der Waals surface area contributed by atoms with E-state index in [1.54, 1.807) is 31.5 Å². The van der Waals surface area contributed by atoms with E-state index in [-0.39, 0.29) is 5.91 Å². The van der Waals surface area contributed by atoms with Gasteiger partial charge in [0, 0.05) is 45.2 Å². The van der Waals surface area contributed by atoms with Gasteiger partial charge in [-0.25, -0.2) is 5.43 Å². The van der Waals surface area contributed by atoms with E-state index in [0.717, 1.165) is 34.8 Å². The van der Waals surface area contributed by atoms with Crippen molar-refractivity contribution in [2.75, 3.05) is 18.6 Å². The van der Waals surface area contributed by atoms with Crippen molar-refractivity contribution in [1.82, 2.24) is 5.43 Å². The molecule has 180 valence electrons. The van der Waals surface area contributed by atoms with Crippen LogP contribution in [-0.4, -0.2) is 25.8 Å². The van der Waals surface area contributed by atoms with Crippen molar-refractivity contribution in [1.29, 1.82) is 0 Å². The average molecular weight is 508 g/mol. The molecule has 0 saturated heterocycles. The number of nitrogens with one attached hydrogen (secondary N) is 1. The fraction of sp³-hybridized carbons (Fsp3) is 0.214. The van der Waals surface area contributed by atoms with Crippen LogP contribution in [0.1, 0.15) is 35.3 Å². The first kappa shape index (κ1) is 24.8. The van der Waals surface area contributed by atoms with Gasteiger partial charge in [0.05, 0.1) is 7.11 Å². The highest BCUT2D eigenvalue weighted by atomic mass is 35.5. The lowest BCUT2D eigenvalue weighted by Crippen LogP contribution is -2.31. The summed E-state index contributed by atoms with van der Waals surface area (Å²) in [6, 6.07) is 20.6. The third kappa shape index (κ3) is 5.07. The van der Waals surface area contributed by atoms with Crippen molar-refractivity contribution in [2.24, 2.45) is 5.10 Å². The van der Waals surface area contributed by atoms with Crippen LogP contribution in [0.4, 0.5) is 5.69 Å². The predicted molar refractivity (Wildman–Crippen MR) is 144 cm³/mol. The minimum absolute atomic E-state index is 0.263. The Bertz CT molecular complexity index is 1290. The maximum Gasteiger partial charge on any atom is 0.271 e. The largest absolute Gasteiger partial charge is 0.497 e. The number of anilines is 1. The van der Waals surface area contributed by atoms with Crippen LogP contribution >= 0.6 is 23.2 Å². The van der Waals surface area contributed by atoms with Gasteiger partial charge in [0.25, 0.3) is 5.91 Å². The molecule has 0 aliphatic carbocycles. The van der Waals surface area contributed by atoms with E-state index in [1.807, 2.05) is 42.5 Å². The standard InChI is InChI=1S/C28H27Cl2N3O2/c1-4-33-25-13-11-22(35-3)17-23(25)28(2,18-20-16-21(29)10-12-24(20)30)26(33)14-15-31-32-27(34)19-8-6-5-7-9-19/h5-17H,4,18H2,1-3H3,(H,32,34)/b26-14-,31-15+. The van der Waals surface area contributed by atoms with Crippen LogP contribution in [0.2, 0.25) is 10.0 Å². The van der Waals surface area contributed by atoms with E-state index in [9.17, 15) is 4.79 Å². The monoisotopic (exact) mass is 507 g/mol. The number of fused-ring (bicyclic) bond motifs is 1. The maximum atomic E-state index is 12.4. The highest BCUT2D eigenvalue weighted by Gasteiger charge is 2.43. The first-order chi connectivity index (χ1) is 16.9. The number of carbonyl (C=O) groups is 1. The molecule has 0 bridgehead atoms. The number of hydrogen-bond acceptors (Lipinski definition) is 4. The Balaban J connectivity index is 1.72. The summed E-state index contributed by atoms with van der Waals surface area (Å²) in [6.45, 7) is 5.04. The summed E-state index contributed by atoms with van der Waals surface area (Å²) in [5, 5.41) is 5.49. The minimum atomic E-state index is -0.441. The molecule has 1 amide bonds. The number of likely N-dealkylation sites (N-methyl/N-ethyl adjacent to an activating group) is 1. The zero-order valence-corrected chi connectivity index (χ0v) is 21.4. The van der Waals surface area contributed by atoms with Crippen LogP contribution < -0.4 is 15.1 Å². The lowest BCUT2D eigenvalue weighted by Gasteiger charge is -2.30. The molecule has 0 fully saturated rings. The third-order valence-electron chi connectivity index (χ3n) is 6.32. The van der Waals surface area contributed by atoms with Crippen molar-refractivity contribution in [3.8, 4) is 5.75 Å².